The Morgan fingerprint density at radius 2 is 2.38 bits per heavy atom. The van der Waals surface area contributed by atoms with E-state index in [2.05, 4.69) is 17.2 Å². The summed E-state index contributed by atoms with van der Waals surface area (Å²) in [6, 6.07) is 4.89. The average Bonchev–Trinajstić information content (AvgIpc) is 2.28. The predicted octanol–water partition coefficient (Wildman–Crippen LogP) is 2.00. The van der Waals surface area contributed by atoms with Crippen molar-refractivity contribution in [2.75, 3.05) is 11.9 Å². The van der Waals surface area contributed by atoms with Gasteiger partial charge < -0.3 is 10.6 Å². The molecule has 0 aromatic heterocycles. The van der Waals surface area contributed by atoms with Gasteiger partial charge in [0.1, 0.15) is 11.9 Å². The lowest BCUT2D eigenvalue weighted by molar-refractivity contribution is 0.253. The topological polar surface area (TPSA) is 64.9 Å². The molecule has 0 aliphatic carbocycles. The van der Waals surface area contributed by atoms with Gasteiger partial charge in [0.2, 0.25) is 0 Å². The van der Waals surface area contributed by atoms with E-state index in [1.165, 1.54) is 18.2 Å². The maximum absolute atomic E-state index is 12.8. The molecule has 16 heavy (non-hydrogen) atoms. The molecule has 0 spiro atoms. The first-order valence-corrected chi connectivity index (χ1v) is 4.52. The summed E-state index contributed by atoms with van der Waals surface area (Å²) >= 11 is 0. The zero-order chi connectivity index (χ0) is 12.0. The van der Waals surface area contributed by atoms with Crippen LogP contribution in [0, 0.1) is 17.1 Å². The van der Waals surface area contributed by atoms with Crippen molar-refractivity contribution in [3.8, 4) is 6.07 Å². The fourth-order valence-electron chi connectivity index (χ4n) is 1.05. The van der Waals surface area contributed by atoms with Gasteiger partial charge in [-0.1, -0.05) is 6.08 Å². The third-order valence-electron chi connectivity index (χ3n) is 1.76. The monoisotopic (exact) mass is 219 g/mol. The minimum absolute atomic E-state index is 0.0775. The molecule has 0 bridgehead atoms. The van der Waals surface area contributed by atoms with Crippen LogP contribution in [0.15, 0.2) is 30.9 Å². The van der Waals surface area contributed by atoms with Gasteiger partial charge in [0.25, 0.3) is 0 Å². The second-order valence-corrected chi connectivity index (χ2v) is 2.93. The summed E-state index contributed by atoms with van der Waals surface area (Å²) in [4.78, 5) is 11.3. The van der Waals surface area contributed by atoms with Crippen molar-refractivity contribution in [1.29, 1.82) is 5.26 Å². The SMILES string of the molecule is C=CCNC(=O)Nc1ccc(F)cc1C#N. The van der Waals surface area contributed by atoms with Gasteiger partial charge in [-0.2, -0.15) is 5.26 Å². The molecule has 0 aliphatic rings. The highest BCUT2D eigenvalue weighted by Gasteiger charge is 2.06. The highest BCUT2D eigenvalue weighted by molar-refractivity contribution is 5.90. The lowest BCUT2D eigenvalue weighted by atomic mass is 10.2. The fourth-order valence-corrected chi connectivity index (χ4v) is 1.05. The van der Waals surface area contributed by atoms with Gasteiger partial charge in [0, 0.05) is 6.54 Å². The zero-order valence-electron chi connectivity index (χ0n) is 8.46. The molecular formula is C11H10FN3O. The summed E-state index contributed by atoms with van der Waals surface area (Å²) < 4.78 is 12.8. The molecule has 0 saturated carbocycles. The van der Waals surface area contributed by atoms with E-state index in [0.717, 1.165) is 6.07 Å². The van der Waals surface area contributed by atoms with Gasteiger partial charge in [-0.15, -0.1) is 6.58 Å². The molecule has 1 aromatic rings. The van der Waals surface area contributed by atoms with E-state index in [9.17, 15) is 9.18 Å². The van der Waals surface area contributed by atoms with Crippen LogP contribution in [0.2, 0.25) is 0 Å². The first kappa shape index (κ1) is 11.7. The molecule has 0 saturated heterocycles. The number of carbonyl (C=O) groups excluding carboxylic acids is 1. The van der Waals surface area contributed by atoms with Gasteiger partial charge >= 0.3 is 6.03 Å². The molecular weight excluding hydrogens is 209 g/mol. The van der Waals surface area contributed by atoms with Crippen molar-refractivity contribution in [2.24, 2.45) is 0 Å². The summed E-state index contributed by atoms with van der Waals surface area (Å²) in [5, 5.41) is 13.6. The van der Waals surface area contributed by atoms with Crippen molar-refractivity contribution < 1.29 is 9.18 Å². The molecule has 1 aromatic carbocycles. The molecule has 5 heteroatoms. The maximum Gasteiger partial charge on any atom is 0.319 e. The highest BCUT2D eigenvalue weighted by atomic mass is 19.1. The highest BCUT2D eigenvalue weighted by Crippen LogP contribution is 2.15. The molecule has 2 N–H and O–H groups in total. The summed E-state index contributed by atoms with van der Waals surface area (Å²) in [5.41, 5.74) is 0.346. The molecule has 0 radical (unpaired) electrons. The first-order chi connectivity index (χ1) is 7.67. The van der Waals surface area contributed by atoms with E-state index in [4.69, 9.17) is 5.26 Å². The normalized spacial score (nSPS) is 9.00. The van der Waals surface area contributed by atoms with Crippen molar-refractivity contribution in [1.82, 2.24) is 5.32 Å². The molecule has 0 unspecified atom stereocenters. The quantitative estimate of drug-likeness (QED) is 0.763. The second kappa shape index (κ2) is 5.51. The zero-order valence-corrected chi connectivity index (χ0v) is 8.46. The number of hydrogen-bond acceptors (Lipinski definition) is 2. The van der Waals surface area contributed by atoms with Crippen LogP contribution < -0.4 is 10.6 Å². The van der Waals surface area contributed by atoms with Crippen LogP contribution in [-0.4, -0.2) is 12.6 Å². The largest absolute Gasteiger partial charge is 0.334 e. The molecule has 82 valence electrons. The second-order valence-electron chi connectivity index (χ2n) is 2.93. The van der Waals surface area contributed by atoms with Crippen molar-refractivity contribution in [3.63, 3.8) is 0 Å². The Hall–Kier alpha value is -2.35. The lowest BCUT2D eigenvalue weighted by Crippen LogP contribution is -2.28. The van der Waals surface area contributed by atoms with Crippen LogP contribution in [0.1, 0.15) is 5.56 Å². The van der Waals surface area contributed by atoms with Crippen molar-refractivity contribution >= 4 is 11.7 Å². The molecule has 0 fully saturated rings. The molecule has 4 nitrogen and oxygen atoms in total. The summed E-state index contributed by atoms with van der Waals surface area (Å²) in [6.45, 7) is 3.75. The number of nitrogens with zero attached hydrogens (tertiary/aromatic N) is 1. The van der Waals surface area contributed by atoms with Gasteiger partial charge in [-0.25, -0.2) is 9.18 Å². The molecule has 0 atom stereocenters. The van der Waals surface area contributed by atoms with E-state index < -0.39 is 11.8 Å². The number of rotatable bonds is 3. The first-order valence-electron chi connectivity index (χ1n) is 4.52. The van der Waals surface area contributed by atoms with Crippen molar-refractivity contribution in [3.05, 3.63) is 42.2 Å². The van der Waals surface area contributed by atoms with Crippen LogP contribution >= 0.6 is 0 Å². The van der Waals surface area contributed by atoms with E-state index in [-0.39, 0.29) is 11.3 Å². The third-order valence-corrected chi connectivity index (χ3v) is 1.76. The Kier molecular flexibility index (Phi) is 4.04. The minimum atomic E-state index is -0.520. The number of halogens is 1. The van der Waals surface area contributed by atoms with Crippen LogP contribution in [0.5, 0.6) is 0 Å². The van der Waals surface area contributed by atoms with Gasteiger partial charge in [0.05, 0.1) is 11.3 Å². The Morgan fingerprint density at radius 1 is 1.62 bits per heavy atom. The number of anilines is 1. The number of urea groups is 1. The molecule has 2 amide bonds. The van der Waals surface area contributed by atoms with Crippen LogP contribution in [0.25, 0.3) is 0 Å². The minimum Gasteiger partial charge on any atom is -0.334 e. The number of benzene rings is 1. The Balaban J connectivity index is 2.77. The third kappa shape index (κ3) is 3.10. The standard InChI is InChI=1S/C11H10FN3O/c1-2-5-14-11(16)15-10-4-3-9(12)6-8(10)7-13/h2-4,6H,1,5H2,(H2,14,15,16). The number of carbonyl (C=O) groups is 1. The fraction of sp³-hybridized carbons (Fsp3) is 0.0909. The van der Waals surface area contributed by atoms with E-state index in [1.54, 1.807) is 6.07 Å². The number of amides is 2. The van der Waals surface area contributed by atoms with E-state index in [0.29, 0.717) is 6.54 Å². The molecule has 0 heterocycles. The average molecular weight is 219 g/mol. The van der Waals surface area contributed by atoms with E-state index >= 15 is 0 Å². The number of nitrogens with one attached hydrogen (secondary N) is 2. The molecule has 0 aliphatic heterocycles. The van der Waals surface area contributed by atoms with Crippen LogP contribution in [0.3, 0.4) is 0 Å². The number of hydrogen-bond donors (Lipinski definition) is 2. The summed E-state index contributed by atoms with van der Waals surface area (Å²) in [7, 11) is 0. The lowest BCUT2D eigenvalue weighted by Gasteiger charge is -2.07. The predicted molar refractivity (Wildman–Crippen MR) is 58.3 cm³/mol. The Morgan fingerprint density at radius 3 is 3.00 bits per heavy atom. The van der Waals surface area contributed by atoms with Gasteiger partial charge in [0.15, 0.2) is 0 Å². The summed E-state index contributed by atoms with van der Waals surface area (Å²) in [5.74, 6) is -0.520. The van der Waals surface area contributed by atoms with Crippen LogP contribution in [0.4, 0.5) is 14.9 Å². The smallest absolute Gasteiger partial charge is 0.319 e. The maximum atomic E-state index is 12.8. The Labute approximate surface area is 92.4 Å². The van der Waals surface area contributed by atoms with Crippen LogP contribution in [-0.2, 0) is 0 Å². The summed E-state index contributed by atoms with van der Waals surface area (Å²) in [6.07, 6.45) is 1.52. The number of nitriles is 1. The van der Waals surface area contributed by atoms with Gasteiger partial charge in [-0.3, -0.25) is 0 Å². The molecule has 1 rings (SSSR count). The van der Waals surface area contributed by atoms with Crippen molar-refractivity contribution in [2.45, 2.75) is 0 Å². The Bertz CT molecular complexity index is 451. The van der Waals surface area contributed by atoms with Gasteiger partial charge in [-0.05, 0) is 18.2 Å². The van der Waals surface area contributed by atoms with E-state index in [1.807, 2.05) is 0 Å².